The van der Waals surface area contributed by atoms with Crippen LogP contribution in [0.3, 0.4) is 0 Å². The van der Waals surface area contributed by atoms with Gasteiger partial charge in [0.05, 0.1) is 28.0 Å². The lowest BCUT2D eigenvalue weighted by molar-refractivity contribution is -0.110. The van der Waals surface area contributed by atoms with Gasteiger partial charge in [-0.15, -0.1) is 0 Å². The van der Waals surface area contributed by atoms with Gasteiger partial charge in [0.2, 0.25) is 10.0 Å². The number of amides is 1. The van der Waals surface area contributed by atoms with E-state index in [9.17, 15) is 13.2 Å². The number of anilines is 1. The number of imidazole rings is 1. The van der Waals surface area contributed by atoms with E-state index in [0.29, 0.717) is 42.2 Å². The first-order valence-corrected chi connectivity index (χ1v) is 10.7. The number of sulfonamides is 1. The zero-order valence-corrected chi connectivity index (χ0v) is 16.7. The van der Waals surface area contributed by atoms with E-state index in [1.165, 1.54) is 4.31 Å². The SMILES string of the molecule is Cc1ncc(C=C2C(=O)Nc3cccc(S(=O)(=O)N4CCCN(C)CC4)c32)[nH]1. The number of carbonyl (C=O) groups is 1. The summed E-state index contributed by atoms with van der Waals surface area (Å²) < 4.78 is 28.4. The van der Waals surface area contributed by atoms with Crippen LogP contribution < -0.4 is 5.32 Å². The van der Waals surface area contributed by atoms with Gasteiger partial charge in [0.15, 0.2) is 0 Å². The number of nitrogens with one attached hydrogen (secondary N) is 2. The van der Waals surface area contributed by atoms with Crippen LogP contribution >= 0.6 is 0 Å². The lowest BCUT2D eigenvalue weighted by Crippen LogP contribution is -2.34. The fourth-order valence-corrected chi connectivity index (χ4v) is 5.34. The standard InChI is InChI=1S/C19H23N5O3S/c1-13-20-12-14(21-13)11-15-18-16(22-19(15)25)5-3-6-17(18)28(26,27)24-8-4-7-23(2)9-10-24/h3,5-6,11-12H,4,7-10H2,1-2H3,(H,20,21)(H,22,25). The van der Waals surface area contributed by atoms with Gasteiger partial charge in [0.1, 0.15) is 5.82 Å². The number of carbonyl (C=O) groups excluding carboxylic acids is 1. The molecule has 1 saturated heterocycles. The zero-order chi connectivity index (χ0) is 19.9. The number of aromatic nitrogens is 2. The minimum absolute atomic E-state index is 0.162. The highest BCUT2D eigenvalue weighted by Gasteiger charge is 2.35. The average Bonchev–Trinajstić information content (AvgIpc) is 3.11. The maximum absolute atomic E-state index is 13.4. The summed E-state index contributed by atoms with van der Waals surface area (Å²) in [7, 11) is -1.74. The van der Waals surface area contributed by atoms with Crippen molar-refractivity contribution < 1.29 is 13.2 Å². The molecule has 2 aromatic rings. The fraction of sp³-hybridized carbons (Fsp3) is 0.368. The Kier molecular flexibility index (Phi) is 4.82. The summed E-state index contributed by atoms with van der Waals surface area (Å²) in [5.41, 5.74) is 1.92. The third kappa shape index (κ3) is 3.36. The van der Waals surface area contributed by atoms with Crippen LogP contribution in [0.15, 0.2) is 29.3 Å². The Bertz CT molecular complexity index is 1060. The van der Waals surface area contributed by atoms with Crippen LogP contribution in [0.2, 0.25) is 0 Å². The summed E-state index contributed by atoms with van der Waals surface area (Å²) in [6, 6.07) is 4.97. The highest BCUT2D eigenvalue weighted by Crippen LogP contribution is 2.38. The monoisotopic (exact) mass is 401 g/mol. The second kappa shape index (κ2) is 7.16. The number of benzene rings is 1. The molecule has 4 rings (SSSR count). The Hall–Kier alpha value is -2.49. The molecule has 148 valence electrons. The van der Waals surface area contributed by atoms with Crippen LogP contribution in [0.4, 0.5) is 5.69 Å². The van der Waals surface area contributed by atoms with E-state index in [-0.39, 0.29) is 10.8 Å². The number of hydrogen-bond donors (Lipinski definition) is 2. The van der Waals surface area contributed by atoms with Crippen molar-refractivity contribution in [1.82, 2.24) is 19.2 Å². The second-order valence-corrected chi connectivity index (χ2v) is 9.08. The molecule has 1 aromatic carbocycles. The van der Waals surface area contributed by atoms with Crippen molar-refractivity contribution >= 4 is 33.3 Å². The third-order valence-corrected chi connectivity index (χ3v) is 7.05. The molecule has 2 aliphatic heterocycles. The van der Waals surface area contributed by atoms with Crippen LogP contribution in [-0.4, -0.2) is 66.7 Å². The molecule has 1 amide bonds. The minimum Gasteiger partial charge on any atom is -0.343 e. The summed E-state index contributed by atoms with van der Waals surface area (Å²) in [6.07, 6.45) is 4.05. The van der Waals surface area contributed by atoms with E-state index in [4.69, 9.17) is 0 Å². The molecule has 0 radical (unpaired) electrons. The molecule has 2 N–H and O–H groups in total. The largest absolute Gasteiger partial charge is 0.343 e. The van der Waals surface area contributed by atoms with Gasteiger partial charge in [-0.25, -0.2) is 13.4 Å². The molecule has 3 heterocycles. The van der Waals surface area contributed by atoms with Crippen molar-refractivity contribution in [2.24, 2.45) is 0 Å². The summed E-state index contributed by atoms with van der Waals surface area (Å²) >= 11 is 0. The molecule has 0 unspecified atom stereocenters. The Morgan fingerprint density at radius 1 is 1.18 bits per heavy atom. The summed E-state index contributed by atoms with van der Waals surface area (Å²) in [5, 5.41) is 2.78. The van der Waals surface area contributed by atoms with Crippen molar-refractivity contribution in [3.05, 3.63) is 41.5 Å². The Morgan fingerprint density at radius 2 is 2.00 bits per heavy atom. The molecule has 1 aromatic heterocycles. The second-order valence-electron chi connectivity index (χ2n) is 7.18. The van der Waals surface area contributed by atoms with E-state index >= 15 is 0 Å². The lowest BCUT2D eigenvalue weighted by Gasteiger charge is -2.21. The summed E-state index contributed by atoms with van der Waals surface area (Å²) in [4.78, 5) is 22.1. The topological polar surface area (TPSA) is 98.4 Å². The van der Waals surface area contributed by atoms with Crippen LogP contribution in [0.5, 0.6) is 0 Å². The molecular formula is C19H23N5O3S. The molecule has 0 atom stereocenters. The van der Waals surface area contributed by atoms with E-state index in [0.717, 1.165) is 18.8 Å². The van der Waals surface area contributed by atoms with Gasteiger partial charge in [-0.05, 0) is 45.1 Å². The van der Waals surface area contributed by atoms with E-state index in [1.54, 1.807) is 30.5 Å². The van der Waals surface area contributed by atoms with Crippen molar-refractivity contribution in [2.75, 3.05) is 38.5 Å². The molecule has 8 nitrogen and oxygen atoms in total. The van der Waals surface area contributed by atoms with Gasteiger partial charge >= 0.3 is 0 Å². The molecule has 0 spiro atoms. The number of aryl methyl sites for hydroxylation is 1. The number of aromatic amines is 1. The number of nitrogens with zero attached hydrogens (tertiary/aromatic N) is 3. The Morgan fingerprint density at radius 3 is 2.75 bits per heavy atom. The Labute approximate surface area is 164 Å². The number of H-pyrrole nitrogens is 1. The van der Waals surface area contributed by atoms with Crippen LogP contribution in [0.25, 0.3) is 11.6 Å². The van der Waals surface area contributed by atoms with E-state index < -0.39 is 10.0 Å². The number of rotatable bonds is 3. The molecule has 28 heavy (non-hydrogen) atoms. The number of hydrogen-bond acceptors (Lipinski definition) is 5. The van der Waals surface area contributed by atoms with Gasteiger partial charge in [-0.2, -0.15) is 4.31 Å². The molecule has 0 aliphatic carbocycles. The molecular weight excluding hydrogens is 378 g/mol. The molecule has 1 fully saturated rings. The van der Waals surface area contributed by atoms with E-state index in [2.05, 4.69) is 20.2 Å². The summed E-state index contributed by atoms with van der Waals surface area (Å²) in [5.74, 6) is 0.403. The zero-order valence-electron chi connectivity index (χ0n) is 15.9. The number of likely N-dealkylation sites (N-methyl/N-ethyl adjacent to an activating group) is 1. The molecule has 9 heteroatoms. The van der Waals surface area contributed by atoms with Gasteiger partial charge in [-0.1, -0.05) is 6.07 Å². The number of fused-ring (bicyclic) bond motifs is 1. The lowest BCUT2D eigenvalue weighted by atomic mass is 10.1. The first-order valence-electron chi connectivity index (χ1n) is 9.23. The van der Waals surface area contributed by atoms with Crippen LogP contribution in [0, 0.1) is 6.92 Å². The quantitative estimate of drug-likeness (QED) is 0.760. The van der Waals surface area contributed by atoms with E-state index in [1.807, 2.05) is 14.0 Å². The first-order chi connectivity index (χ1) is 13.4. The fourth-order valence-electron chi connectivity index (χ4n) is 3.64. The highest BCUT2D eigenvalue weighted by atomic mass is 32.2. The van der Waals surface area contributed by atoms with Gasteiger partial charge in [0.25, 0.3) is 5.91 Å². The molecule has 2 aliphatic rings. The van der Waals surface area contributed by atoms with Gasteiger partial charge < -0.3 is 15.2 Å². The predicted octanol–water partition coefficient (Wildman–Crippen LogP) is 1.54. The van der Waals surface area contributed by atoms with Crippen molar-refractivity contribution in [3.8, 4) is 0 Å². The van der Waals surface area contributed by atoms with Crippen LogP contribution in [-0.2, 0) is 14.8 Å². The van der Waals surface area contributed by atoms with Crippen molar-refractivity contribution in [1.29, 1.82) is 0 Å². The maximum Gasteiger partial charge on any atom is 0.256 e. The average molecular weight is 401 g/mol. The normalized spacial score (nSPS) is 20.2. The van der Waals surface area contributed by atoms with Crippen molar-refractivity contribution in [2.45, 2.75) is 18.2 Å². The molecule has 0 saturated carbocycles. The van der Waals surface area contributed by atoms with Crippen molar-refractivity contribution in [3.63, 3.8) is 0 Å². The van der Waals surface area contributed by atoms with Gasteiger partial charge in [0, 0.05) is 25.2 Å². The first kappa shape index (κ1) is 18.9. The minimum atomic E-state index is -3.73. The third-order valence-electron chi connectivity index (χ3n) is 5.11. The predicted molar refractivity (Wildman–Crippen MR) is 107 cm³/mol. The molecule has 0 bridgehead atoms. The smallest absolute Gasteiger partial charge is 0.256 e. The summed E-state index contributed by atoms with van der Waals surface area (Å²) in [6.45, 7) is 4.26. The maximum atomic E-state index is 13.4. The Balaban J connectivity index is 1.79. The highest BCUT2D eigenvalue weighted by molar-refractivity contribution is 7.89. The van der Waals surface area contributed by atoms with Crippen LogP contribution in [0.1, 0.15) is 23.5 Å². The van der Waals surface area contributed by atoms with Gasteiger partial charge in [-0.3, -0.25) is 4.79 Å².